The van der Waals surface area contributed by atoms with Crippen molar-refractivity contribution in [2.75, 3.05) is 37.7 Å². The lowest BCUT2D eigenvalue weighted by Crippen LogP contribution is -2.48. The molecular weight excluding hydrogens is 474 g/mol. The van der Waals surface area contributed by atoms with Crippen molar-refractivity contribution < 1.29 is 32.0 Å². The predicted octanol–water partition coefficient (Wildman–Crippen LogP) is 1.90. The van der Waals surface area contributed by atoms with Crippen LogP contribution >= 0.6 is 0 Å². The second-order valence-corrected chi connectivity index (χ2v) is 9.62. The van der Waals surface area contributed by atoms with Crippen LogP contribution in [0.4, 0.5) is 5.69 Å². The number of carbonyl (C=O) groups excluding carboxylic acids is 3. The smallest absolute Gasteiger partial charge is 0.338 e. The van der Waals surface area contributed by atoms with Crippen molar-refractivity contribution in [2.45, 2.75) is 4.90 Å². The first kappa shape index (κ1) is 24.2. The quantitative estimate of drug-likeness (QED) is 0.491. The Balaban J connectivity index is 1.35. The van der Waals surface area contributed by atoms with Gasteiger partial charge in [-0.25, -0.2) is 13.2 Å². The number of sulfonamides is 1. The van der Waals surface area contributed by atoms with Crippen molar-refractivity contribution in [3.8, 4) is 0 Å². The number of nitrogens with one attached hydrogen (secondary N) is 1. The molecule has 0 bridgehead atoms. The maximum Gasteiger partial charge on any atom is 0.338 e. The van der Waals surface area contributed by atoms with Crippen LogP contribution in [0.1, 0.15) is 20.9 Å². The van der Waals surface area contributed by atoms with Crippen LogP contribution in [0.25, 0.3) is 0 Å². The number of rotatable bonds is 7. The molecule has 3 aromatic rings. The third-order valence-electron chi connectivity index (χ3n) is 5.40. The van der Waals surface area contributed by atoms with Gasteiger partial charge >= 0.3 is 5.97 Å². The molecule has 1 saturated heterocycles. The zero-order valence-electron chi connectivity index (χ0n) is 18.6. The predicted molar refractivity (Wildman–Crippen MR) is 125 cm³/mol. The normalized spacial score (nSPS) is 14.3. The summed E-state index contributed by atoms with van der Waals surface area (Å²) in [7, 11) is -3.83. The van der Waals surface area contributed by atoms with Crippen molar-refractivity contribution >= 4 is 33.5 Å². The number of imide groups is 1. The fraction of sp³-hybridized carbons (Fsp3) is 0.208. The van der Waals surface area contributed by atoms with E-state index in [-0.39, 0.29) is 16.2 Å². The Morgan fingerprint density at radius 2 is 1.66 bits per heavy atom. The lowest BCUT2D eigenvalue weighted by molar-refractivity contribution is -0.123. The lowest BCUT2D eigenvalue weighted by atomic mass is 10.2. The van der Waals surface area contributed by atoms with Gasteiger partial charge < -0.3 is 14.1 Å². The third-order valence-corrected chi connectivity index (χ3v) is 7.29. The van der Waals surface area contributed by atoms with E-state index < -0.39 is 34.4 Å². The van der Waals surface area contributed by atoms with Gasteiger partial charge in [0, 0.05) is 31.9 Å². The molecule has 0 saturated carbocycles. The summed E-state index contributed by atoms with van der Waals surface area (Å²) in [6.07, 6.45) is 1.28. The topological polar surface area (TPSA) is 126 Å². The molecule has 10 nitrogen and oxygen atoms in total. The van der Waals surface area contributed by atoms with E-state index in [1.807, 2.05) is 35.6 Å². The molecule has 0 radical (unpaired) electrons. The number of carbonyl (C=O) groups is 3. The molecule has 1 aliphatic heterocycles. The standard InChI is InChI=1S/C24H23N3O7S/c28-22(25-23(29)21-10-5-15-33-21)17-34-24(30)18-6-4-9-20(16-18)35(31,32)27-13-11-26(12-14-27)19-7-2-1-3-8-19/h1-10,15-16H,11-14,17H2,(H,25,28,29). The first-order valence-electron chi connectivity index (χ1n) is 10.8. The third kappa shape index (κ3) is 5.76. The Kier molecular flexibility index (Phi) is 7.28. The summed E-state index contributed by atoms with van der Waals surface area (Å²) in [4.78, 5) is 38.2. The van der Waals surface area contributed by atoms with Crippen LogP contribution in [0.3, 0.4) is 0 Å². The van der Waals surface area contributed by atoms with Crippen LogP contribution < -0.4 is 10.2 Å². The van der Waals surface area contributed by atoms with E-state index in [0.29, 0.717) is 26.2 Å². The molecule has 0 aliphatic carbocycles. The average Bonchev–Trinajstić information content (AvgIpc) is 3.43. The molecule has 0 spiro atoms. The molecule has 1 aromatic heterocycles. The van der Waals surface area contributed by atoms with Crippen molar-refractivity contribution in [3.63, 3.8) is 0 Å². The molecule has 182 valence electrons. The van der Waals surface area contributed by atoms with Gasteiger partial charge in [-0.15, -0.1) is 0 Å². The number of piperazine rings is 1. The summed E-state index contributed by atoms with van der Waals surface area (Å²) in [6, 6.07) is 18.1. The molecular formula is C24H23N3O7S. The number of hydrogen-bond acceptors (Lipinski definition) is 8. The highest BCUT2D eigenvalue weighted by Gasteiger charge is 2.29. The van der Waals surface area contributed by atoms with Gasteiger partial charge in [0.1, 0.15) is 0 Å². The molecule has 1 N–H and O–H groups in total. The fourth-order valence-electron chi connectivity index (χ4n) is 3.60. The van der Waals surface area contributed by atoms with Crippen LogP contribution in [0.5, 0.6) is 0 Å². The summed E-state index contributed by atoms with van der Waals surface area (Å²) < 4.78 is 37.5. The van der Waals surface area contributed by atoms with Gasteiger partial charge in [0.15, 0.2) is 12.4 Å². The Labute approximate surface area is 202 Å². The zero-order valence-corrected chi connectivity index (χ0v) is 19.4. The minimum Gasteiger partial charge on any atom is -0.459 e. The van der Waals surface area contributed by atoms with Crippen LogP contribution in [0, 0.1) is 0 Å². The minimum atomic E-state index is -3.83. The first-order valence-corrected chi connectivity index (χ1v) is 12.2. The Hall–Kier alpha value is -3.96. The van der Waals surface area contributed by atoms with Crippen LogP contribution in [-0.4, -0.2) is 63.3 Å². The van der Waals surface area contributed by atoms with E-state index >= 15 is 0 Å². The number of esters is 1. The first-order chi connectivity index (χ1) is 16.8. The maximum absolute atomic E-state index is 13.1. The SMILES string of the molecule is O=C(COC(=O)c1cccc(S(=O)(=O)N2CCN(c3ccccc3)CC2)c1)NC(=O)c1ccco1. The summed E-state index contributed by atoms with van der Waals surface area (Å²) in [6.45, 7) is 0.961. The Bertz CT molecular complexity index is 1300. The van der Waals surface area contributed by atoms with Crippen molar-refractivity contribution in [1.29, 1.82) is 0 Å². The molecule has 11 heteroatoms. The van der Waals surface area contributed by atoms with Crippen LogP contribution in [-0.2, 0) is 19.6 Å². The van der Waals surface area contributed by atoms with E-state index in [1.54, 1.807) is 0 Å². The number of benzene rings is 2. The second-order valence-electron chi connectivity index (χ2n) is 7.69. The molecule has 35 heavy (non-hydrogen) atoms. The summed E-state index contributed by atoms with van der Waals surface area (Å²) >= 11 is 0. The highest BCUT2D eigenvalue weighted by Crippen LogP contribution is 2.22. The molecule has 4 rings (SSSR count). The molecule has 1 fully saturated rings. The largest absolute Gasteiger partial charge is 0.459 e. The molecule has 2 amide bonds. The van der Waals surface area contributed by atoms with Gasteiger partial charge in [-0.3, -0.25) is 14.9 Å². The summed E-state index contributed by atoms with van der Waals surface area (Å²) in [5.74, 6) is -2.57. The molecule has 2 aromatic carbocycles. The number of nitrogens with zero attached hydrogens (tertiary/aromatic N) is 2. The highest BCUT2D eigenvalue weighted by molar-refractivity contribution is 7.89. The van der Waals surface area contributed by atoms with Gasteiger partial charge in [-0.1, -0.05) is 24.3 Å². The van der Waals surface area contributed by atoms with Crippen molar-refractivity contribution in [3.05, 3.63) is 84.3 Å². The van der Waals surface area contributed by atoms with Gasteiger partial charge in [-0.05, 0) is 42.5 Å². The van der Waals surface area contributed by atoms with E-state index in [4.69, 9.17) is 9.15 Å². The average molecular weight is 498 g/mol. The van der Waals surface area contributed by atoms with E-state index in [1.165, 1.54) is 47.0 Å². The van der Waals surface area contributed by atoms with Crippen molar-refractivity contribution in [1.82, 2.24) is 9.62 Å². The number of furan rings is 1. The zero-order chi connectivity index (χ0) is 24.8. The number of anilines is 1. The van der Waals surface area contributed by atoms with Crippen LogP contribution in [0.15, 0.2) is 82.3 Å². The number of amides is 2. The maximum atomic E-state index is 13.1. The fourth-order valence-corrected chi connectivity index (χ4v) is 5.07. The highest BCUT2D eigenvalue weighted by atomic mass is 32.2. The Morgan fingerprint density at radius 1 is 0.914 bits per heavy atom. The molecule has 1 aliphatic rings. The lowest BCUT2D eigenvalue weighted by Gasteiger charge is -2.35. The summed E-state index contributed by atoms with van der Waals surface area (Å²) in [5, 5.41) is 2.03. The molecule has 2 heterocycles. The number of para-hydroxylation sites is 1. The van der Waals surface area contributed by atoms with Gasteiger partial charge in [0.25, 0.3) is 11.8 Å². The van der Waals surface area contributed by atoms with E-state index in [0.717, 1.165) is 5.69 Å². The second kappa shape index (κ2) is 10.5. The number of hydrogen-bond donors (Lipinski definition) is 1. The van der Waals surface area contributed by atoms with Gasteiger partial charge in [0.2, 0.25) is 10.0 Å². The monoisotopic (exact) mass is 497 g/mol. The Morgan fingerprint density at radius 3 is 2.34 bits per heavy atom. The summed E-state index contributed by atoms with van der Waals surface area (Å²) in [5.41, 5.74) is 1.00. The molecule has 0 unspecified atom stereocenters. The van der Waals surface area contributed by atoms with Crippen molar-refractivity contribution in [2.24, 2.45) is 0 Å². The van der Waals surface area contributed by atoms with E-state index in [9.17, 15) is 22.8 Å². The van der Waals surface area contributed by atoms with Gasteiger partial charge in [-0.2, -0.15) is 4.31 Å². The van der Waals surface area contributed by atoms with Crippen LogP contribution in [0.2, 0.25) is 0 Å². The number of ether oxygens (including phenoxy) is 1. The van der Waals surface area contributed by atoms with Gasteiger partial charge in [0.05, 0.1) is 16.7 Å². The van der Waals surface area contributed by atoms with E-state index in [2.05, 4.69) is 4.90 Å². The minimum absolute atomic E-state index is 0.0286. The molecule has 0 atom stereocenters.